The highest BCUT2D eigenvalue weighted by Crippen LogP contribution is 2.36. The zero-order valence-corrected chi connectivity index (χ0v) is 18.9. The van der Waals surface area contributed by atoms with Gasteiger partial charge in [-0.3, -0.25) is 19.5 Å². The van der Waals surface area contributed by atoms with Gasteiger partial charge in [-0.25, -0.2) is 14.7 Å². The highest BCUT2D eigenvalue weighted by atomic mass is 32.1. The number of hydrogen-bond donors (Lipinski definition) is 2. The summed E-state index contributed by atoms with van der Waals surface area (Å²) in [5.74, 6) is -0.339. The summed E-state index contributed by atoms with van der Waals surface area (Å²) in [7, 11) is 0. The molecule has 2 saturated heterocycles. The molecule has 0 radical (unpaired) electrons. The first-order valence-electron chi connectivity index (χ1n) is 10.3. The molecule has 0 bridgehead atoms. The van der Waals surface area contributed by atoms with Crippen molar-refractivity contribution >= 4 is 40.0 Å². The fourth-order valence-electron chi connectivity index (χ4n) is 4.30. The predicted molar refractivity (Wildman–Crippen MR) is 118 cm³/mol. The minimum Gasteiger partial charge on any atom is -0.323 e. The van der Waals surface area contributed by atoms with E-state index in [2.05, 4.69) is 32.4 Å². The Bertz CT molecular complexity index is 1020. The molecule has 9 nitrogen and oxygen atoms in total. The second-order valence-corrected chi connectivity index (χ2v) is 9.28. The molecule has 0 aliphatic carbocycles. The molecule has 2 fully saturated rings. The lowest BCUT2D eigenvalue weighted by atomic mass is 9.86. The van der Waals surface area contributed by atoms with Crippen LogP contribution in [0.1, 0.15) is 49.0 Å². The predicted octanol–water partition coefficient (Wildman–Crippen LogP) is 2.77. The Kier molecular flexibility index (Phi) is 5.52. The number of imide groups is 1. The third-order valence-corrected chi connectivity index (χ3v) is 6.99. The molecule has 4 heterocycles. The summed E-state index contributed by atoms with van der Waals surface area (Å²) in [6.45, 7) is 8.58. The van der Waals surface area contributed by atoms with Crippen molar-refractivity contribution in [2.24, 2.45) is 0 Å². The van der Waals surface area contributed by atoms with Gasteiger partial charge in [-0.2, -0.15) is 0 Å². The fourth-order valence-corrected chi connectivity index (χ4v) is 5.24. The monoisotopic (exact) mass is 442 g/mol. The first kappa shape index (κ1) is 21.4. The quantitative estimate of drug-likeness (QED) is 0.705. The lowest BCUT2D eigenvalue weighted by molar-refractivity contribution is -0.124. The number of amides is 4. The maximum absolute atomic E-state index is 13.3. The molecule has 2 N–H and O–H groups in total. The number of aryl methyl sites for hydroxylation is 2. The Morgan fingerprint density at radius 2 is 1.87 bits per heavy atom. The number of anilines is 2. The number of likely N-dealkylation sites (tertiary alicyclic amines) is 1. The lowest BCUT2D eigenvalue weighted by Crippen LogP contribution is -2.55. The number of aromatic nitrogens is 2. The van der Waals surface area contributed by atoms with Gasteiger partial charge in [0.1, 0.15) is 5.54 Å². The van der Waals surface area contributed by atoms with Crippen LogP contribution in [0.2, 0.25) is 0 Å². The summed E-state index contributed by atoms with van der Waals surface area (Å²) in [5.41, 5.74) is 1.23. The number of carbonyl (C=O) groups excluding carboxylic acids is 3. The smallest absolute Gasteiger partial charge is 0.323 e. The van der Waals surface area contributed by atoms with Crippen molar-refractivity contribution in [2.45, 2.75) is 52.1 Å². The van der Waals surface area contributed by atoms with Crippen LogP contribution in [0.4, 0.5) is 15.6 Å². The second-order valence-electron chi connectivity index (χ2n) is 8.22. The molecular weight excluding hydrogens is 416 g/mol. The molecule has 2 aliphatic heterocycles. The summed E-state index contributed by atoms with van der Waals surface area (Å²) in [5, 5.41) is 6.26. The van der Waals surface area contributed by atoms with Crippen molar-refractivity contribution in [3.8, 4) is 0 Å². The molecular formula is C21H26N6O3S. The molecule has 4 amide bonds. The van der Waals surface area contributed by atoms with Gasteiger partial charge in [-0.15, -0.1) is 11.3 Å². The van der Waals surface area contributed by atoms with Gasteiger partial charge >= 0.3 is 6.03 Å². The van der Waals surface area contributed by atoms with Gasteiger partial charge in [0.15, 0.2) is 5.13 Å². The third-order valence-electron chi connectivity index (χ3n) is 5.90. The van der Waals surface area contributed by atoms with E-state index in [4.69, 9.17) is 0 Å². The third kappa shape index (κ3) is 4.05. The minimum atomic E-state index is -0.868. The molecule has 0 aromatic carbocycles. The molecule has 2 aromatic heterocycles. The van der Waals surface area contributed by atoms with Crippen LogP contribution in [0.15, 0.2) is 18.3 Å². The Balaban J connectivity index is 1.46. The molecule has 2 aliphatic rings. The molecule has 0 unspecified atom stereocenters. The Hall–Kier alpha value is -2.85. The number of piperidine rings is 1. The Morgan fingerprint density at radius 1 is 1.23 bits per heavy atom. The highest BCUT2D eigenvalue weighted by molar-refractivity contribution is 7.15. The lowest BCUT2D eigenvalue weighted by Gasteiger charge is -2.39. The maximum atomic E-state index is 13.3. The molecule has 31 heavy (non-hydrogen) atoms. The number of urea groups is 1. The van der Waals surface area contributed by atoms with Crippen LogP contribution in [0, 0.1) is 13.8 Å². The zero-order valence-electron chi connectivity index (χ0n) is 18.1. The van der Waals surface area contributed by atoms with E-state index in [1.54, 1.807) is 18.3 Å². The van der Waals surface area contributed by atoms with E-state index in [0.717, 1.165) is 16.3 Å². The average Bonchev–Trinajstić information content (AvgIpc) is 3.23. The van der Waals surface area contributed by atoms with Gasteiger partial charge in [0.2, 0.25) is 5.91 Å². The van der Waals surface area contributed by atoms with Crippen LogP contribution in [0.5, 0.6) is 0 Å². The molecule has 0 saturated carbocycles. The first-order chi connectivity index (χ1) is 14.7. The number of rotatable bonds is 4. The summed E-state index contributed by atoms with van der Waals surface area (Å²) < 4.78 is 0. The molecule has 2 aromatic rings. The van der Waals surface area contributed by atoms with Crippen LogP contribution in [-0.4, -0.2) is 51.3 Å². The van der Waals surface area contributed by atoms with Gasteiger partial charge < -0.3 is 10.6 Å². The van der Waals surface area contributed by atoms with E-state index in [1.165, 1.54) is 23.2 Å². The van der Waals surface area contributed by atoms with Crippen molar-refractivity contribution in [2.75, 3.05) is 23.3 Å². The number of nitrogens with one attached hydrogen (secondary N) is 2. The Labute approximate surface area is 184 Å². The van der Waals surface area contributed by atoms with Crippen molar-refractivity contribution < 1.29 is 14.4 Å². The van der Waals surface area contributed by atoms with Gasteiger partial charge in [-0.1, -0.05) is 0 Å². The summed E-state index contributed by atoms with van der Waals surface area (Å²) in [6.07, 6.45) is 2.86. The van der Waals surface area contributed by atoms with Crippen LogP contribution < -0.4 is 15.5 Å². The van der Waals surface area contributed by atoms with E-state index in [-0.39, 0.29) is 23.9 Å². The summed E-state index contributed by atoms with van der Waals surface area (Å²) in [6, 6.07) is 3.25. The second kappa shape index (κ2) is 8.01. The van der Waals surface area contributed by atoms with Crippen molar-refractivity contribution in [3.05, 3.63) is 34.6 Å². The minimum absolute atomic E-state index is 0.103. The maximum Gasteiger partial charge on any atom is 0.329 e. The number of carbonyl (C=O) groups is 3. The first-order valence-corrected chi connectivity index (χ1v) is 11.1. The number of nitrogens with zero attached hydrogens (tertiary/aromatic N) is 4. The largest absolute Gasteiger partial charge is 0.329 e. The molecule has 1 atom stereocenters. The van der Waals surface area contributed by atoms with Crippen molar-refractivity contribution in [1.29, 1.82) is 0 Å². The van der Waals surface area contributed by atoms with Crippen molar-refractivity contribution in [3.63, 3.8) is 0 Å². The van der Waals surface area contributed by atoms with Crippen LogP contribution >= 0.6 is 11.3 Å². The molecule has 164 valence electrons. The topological polar surface area (TPSA) is 108 Å². The highest BCUT2D eigenvalue weighted by Gasteiger charge is 2.53. The van der Waals surface area contributed by atoms with Gasteiger partial charge in [-0.05, 0) is 45.7 Å². The normalized spacial score (nSPS) is 19.5. The zero-order chi connectivity index (χ0) is 22.3. The standard InChI is InChI=1S/C21H26N6O3S/c1-12-9-16(10-13(2)23-12)27-18(29)21(25-20(27)30)5-7-26(8-6-21)14(3)17-11-22-19(31-17)24-15(4)28/h9-11,14H,5-8H2,1-4H3,(H,25,30)(H,22,24,28)/t14-/m1/s1. The van der Waals surface area contributed by atoms with Gasteiger partial charge in [0.25, 0.3) is 5.91 Å². The molecule has 1 spiro atoms. The number of hydrogen-bond acceptors (Lipinski definition) is 7. The Morgan fingerprint density at radius 3 is 2.48 bits per heavy atom. The van der Waals surface area contributed by atoms with Crippen LogP contribution in [0.25, 0.3) is 0 Å². The number of thiazole rings is 1. The average molecular weight is 443 g/mol. The molecule has 10 heteroatoms. The summed E-state index contributed by atoms with van der Waals surface area (Å²) in [4.78, 5) is 50.5. The van der Waals surface area contributed by atoms with Gasteiger partial charge in [0.05, 0.1) is 5.69 Å². The molecule has 4 rings (SSSR count). The van der Waals surface area contributed by atoms with Gasteiger partial charge in [0, 0.05) is 48.5 Å². The van der Waals surface area contributed by atoms with E-state index < -0.39 is 5.54 Å². The van der Waals surface area contributed by atoms with Crippen LogP contribution in [-0.2, 0) is 9.59 Å². The number of pyridine rings is 1. The van der Waals surface area contributed by atoms with E-state index >= 15 is 0 Å². The van der Waals surface area contributed by atoms with E-state index in [0.29, 0.717) is 36.8 Å². The fraction of sp³-hybridized carbons (Fsp3) is 0.476. The SMILES string of the molecule is CC(=O)Nc1ncc([C@@H](C)N2CCC3(CC2)NC(=O)N(c2cc(C)nc(C)c2)C3=O)s1. The van der Waals surface area contributed by atoms with Crippen molar-refractivity contribution in [1.82, 2.24) is 20.2 Å². The summed E-state index contributed by atoms with van der Waals surface area (Å²) >= 11 is 1.45. The van der Waals surface area contributed by atoms with Crippen LogP contribution in [0.3, 0.4) is 0 Å². The van der Waals surface area contributed by atoms with E-state index in [1.807, 2.05) is 13.8 Å². The van der Waals surface area contributed by atoms with E-state index in [9.17, 15) is 14.4 Å².